The van der Waals surface area contributed by atoms with Gasteiger partial charge in [-0.15, -0.1) is 24.0 Å². The molecule has 0 fully saturated rings. The largest absolute Gasteiger partial charge is 0.386 e. The third-order valence-electron chi connectivity index (χ3n) is 3.56. The van der Waals surface area contributed by atoms with Crippen LogP contribution < -0.4 is 10.6 Å². The number of hydrogen-bond donors (Lipinski definition) is 3. The molecule has 0 bridgehead atoms. The Morgan fingerprint density at radius 2 is 1.96 bits per heavy atom. The Balaban J connectivity index is 0.00000312. The SMILES string of the molecule is CCNC(=NCC(O)c1ccncc1)NC(C)c1cccc(Cl)c1.I. The van der Waals surface area contributed by atoms with Crippen LogP contribution in [0, 0.1) is 0 Å². The molecule has 7 heteroatoms. The molecule has 0 aliphatic heterocycles. The number of aliphatic hydroxyl groups is 1. The first-order valence-electron chi connectivity index (χ1n) is 7.98. The molecule has 0 saturated carbocycles. The highest BCUT2D eigenvalue weighted by molar-refractivity contribution is 14.0. The molecule has 0 radical (unpaired) electrons. The topological polar surface area (TPSA) is 69.5 Å². The summed E-state index contributed by atoms with van der Waals surface area (Å²) < 4.78 is 0. The van der Waals surface area contributed by atoms with E-state index in [-0.39, 0.29) is 36.6 Å². The van der Waals surface area contributed by atoms with E-state index in [1.54, 1.807) is 24.5 Å². The lowest BCUT2D eigenvalue weighted by Gasteiger charge is -2.19. The Labute approximate surface area is 170 Å². The molecule has 2 aromatic rings. The van der Waals surface area contributed by atoms with Crippen molar-refractivity contribution in [3.8, 4) is 0 Å². The fourth-order valence-corrected chi connectivity index (χ4v) is 2.45. The van der Waals surface area contributed by atoms with Gasteiger partial charge in [-0.2, -0.15) is 0 Å². The summed E-state index contributed by atoms with van der Waals surface area (Å²) in [6.07, 6.45) is 2.66. The summed E-state index contributed by atoms with van der Waals surface area (Å²) >= 11 is 6.05. The van der Waals surface area contributed by atoms with Gasteiger partial charge in [-0.3, -0.25) is 9.98 Å². The molecule has 3 N–H and O–H groups in total. The van der Waals surface area contributed by atoms with Crippen LogP contribution in [0.2, 0.25) is 5.02 Å². The van der Waals surface area contributed by atoms with Gasteiger partial charge in [-0.1, -0.05) is 23.7 Å². The second kappa shape index (κ2) is 11.3. The van der Waals surface area contributed by atoms with Crippen LogP contribution in [0.15, 0.2) is 53.8 Å². The van der Waals surface area contributed by atoms with E-state index in [2.05, 4.69) is 20.6 Å². The zero-order valence-electron chi connectivity index (χ0n) is 14.3. The van der Waals surface area contributed by atoms with Crippen LogP contribution in [0.5, 0.6) is 0 Å². The molecule has 136 valence electrons. The Morgan fingerprint density at radius 1 is 1.24 bits per heavy atom. The van der Waals surface area contributed by atoms with E-state index >= 15 is 0 Å². The summed E-state index contributed by atoms with van der Waals surface area (Å²) in [5.41, 5.74) is 1.87. The molecule has 25 heavy (non-hydrogen) atoms. The molecular weight excluding hydrogens is 451 g/mol. The predicted molar refractivity (Wildman–Crippen MR) is 114 cm³/mol. The van der Waals surface area contributed by atoms with Crippen molar-refractivity contribution < 1.29 is 5.11 Å². The monoisotopic (exact) mass is 474 g/mol. The summed E-state index contributed by atoms with van der Waals surface area (Å²) in [6, 6.07) is 11.3. The van der Waals surface area contributed by atoms with Crippen LogP contribution in [0.3, 0.4) is 0 Å². The van der Waals surface area contributed by atoms with Gasteiger partial charge in [0.15, 0.2) is 5.96 Å². The van der Waals surface area contributed by atoms with Gasteiger partial charge in [0.05, 0.1) is 18.7 Å². The number of pyridine rings is 1. The number of aliphatic imine (C=N–C) groups is 1. The van der Waals surface area contributed by atoms with Crippen molar-refractivity contribution in [3.63, 3.8) is 0 Å². The average Bonchev–Trinajstić information content (AvgIpc) is 2.60. The normalized spacial score (nSPS) is 13.5. The molecule has 5 nitrogen and oxygen atoms in total. The predicted octanol–water partition coefficient (Wildman–Crippen LogP) is 3.70. The fraction of sp³-hybridized carbons (Fsp3) is 0.333. The average molecular weight is 475 g/mol. The minimum absolute atomic E-state index is 0. The molecule has 1 aromatic heterocycles. The maximum Gasteiger partial charge on any atom is 0.191 e. The molecule has 0 aliphatic carbocycles. The van der Waals surface area contributed by atoms with Crippen LogP contribution in [0.25, 0.3) is 0 Å². The smallest absolute Gasteiger partial charge is 0.191 e. The van der Waals surface area contributed by atoms with Gasteiger partial charge in [-0.05, 0) is 49.2 Å². The van der Waals surface area contributed by atoms with Gasteiger partial charge in [0, 0.05) is 24.0 Å². The lowest BCUT2D eigenvalue weighted by molar-refractivity contribution is 0.187. The summed E-state index contributed by atoms with van der Waals surface area (Å²) in [5.74, 6) is 0.651. The number of rotatable bonds is 6. The zero-order chi connectivity index (χ0) is 17.4. The molecule has 0 spiro atoms. The minimum atomic E-state index is -0.662. The molecule has 2 unspecified atom stereocenters. The first-order chi connectivity index (χ1) is 11.6. The van der Waals surface area contributed by atoms with Crippen LogP contribution in [-0.4, -0.2) is 29.1 Å². The highest BCUT2D eigenvalue weighted by atomic mass is 127. The van der Waals surface area contributed by atoms with Crippen LogP contribution in [-0.2, 0) is 0 Å². The summed E-state index contributed by atoms with van der Waals surface area (Å²) in [7, 11) is 0. The third-order valence-corrected chi connectivity index (χ3v) is 3.79. The number of guanidine groups is 1. The van der Waals surface area contributed by atoms with Crippen molar-refractivity contribution in [2.75, 3.05) is 13.1 Å². The number of halogens is 2. The molecule has 2 atom stereocenters. The van der Waals surface area contributed by atoms with Crippen molar-refractivity contribution in [3.05, 3.63) is 64.9 Å². The highest BCUT2D eigenvalue weighted by Gasteiger charge is 2.10. The van der Waals surface area contributed by atoms with E-state index in [4.69, 9.17) is 11.6 Å². The summed E-state index contributed by atoms with van der Waals surface area (Å²) in [6.45, 7) is 5.04. The first-order valence-corrected chi connectivity index (χ1v) is 8.36. The van der Waals surface area contributed by atoms with Gasteiger partial charge in [0.1, 0.15) is 0 Å². The number of benzene rings is 1. The second-order valence-electron chi connectivity index (χ2n) is 5.44. The van der Waals surface area contributed by atoms with E-state index in [0.717, 1.165) is 17.7 Å². The summed E-state index contributed by atoms with van der Waals surface area (Å²) in [4.78, 5) is 8.42. The molecule has 0 aliphatic rings. The fourth-order valence-electron chi connectivity index (χ4n) is 2.25. The Morgan fingerprint density at radius 3 is 2.60 bits per heavy atom. The quantitative estimate of drug-likeness (QED) is 0.339. The maximum absolute atomic E-state index is 10.2. The standard InChI is InChI=1S/C18H23ClN4O.HI/c1-3-21-18(22-12-17(24)14-7-9-20-10-8-14)23-13(2)15-5-4-6-16(19)11-15;/h4-11,13,17,24H,3,12H2,1-2H3,(H2,21,22,23);1H. The van der Waals surface area contributed by atoms with Crippen molar-refractivity contribution >= 4 is 41.5 Å². The van der Waals surface area contributed by atoms with Gasteiger partial charge in [0.2, 0.25) is 0 Å². The van der Waals surface area contributed by atoms with Crippen molar-refractivity contribution in [2.45, 2.75) is 26.0 Å². The van der Waals surface area contributed by atoms with E-state index in [9.17, 15) is 5.11 Å². The molecule has 0 saturated heterocycles. The minimum Gasteiger partial charge on any atom is -0.386 e. The van der Waals surface area contributed by atoms with Crippen molar-refractivity contribution in [2.24, 2.45) is 4.99 Å². The zero-order valence-corrected chi connectivity index (χ0v) is 17.4. The van der Waals surface area contributed by atoms with E-state index in [0.29, 0.717) is 11.0 Å². The molecular formula is C18H24ClIN4O. The number of hydrogen-bond acceptors (Lipinski definition) is 3. The van der Waals surface area contributed by atoms with Crippen LogP contribution in [0.4, 0.5) is 0 Å². The Kier molecular flexibility index (Phi) is 9.77. The summed E-state index contributed by atoms with van der Waals surface area (Å²) in [5, 5.41) is 17.4. The van der Waals surface area contributed by atoms with Crippen LogP contribution >= 0.6 is 35.6 Å². The number of nitrogens with one attached hydrogen (secondary N) is 2. The number of nitrogens with zero attached hydrogens (tertiary/aromatic N) is 2. The van der Waals surface area contributed by atoms with Gasteiger partial charge < -0.3 is 15.7 Å². The number of aliphatic hydroxyl groups excluding tert-OH is 1. The maximum atomic E-state index is 10.2. The second-order valence-corrected chi connectivity index (χ2v) is 5.87. The third kappa shape index (κ3) is 7.17. The van der Waals surface area contributed by atoms with E-state index in [1.807, 2.05) is 38.1 Å². The van der Waals surface area contributed by atoms with Gasteiger partial charge in [0.25, 0.3) is 0 Å². The van der Waals surface area contributed by atoms with Gasteiger partial charge in [-0.25, -0.2) is 0 Å². The van der Waals surface area contributed by atoms with Gasteiger partial charge >= 0.3 is 0 Å². The van der Waals surface area contributed by atoms with E-state index in [1.165, 1.54) is 0 Å². The molecule has 1 heterocycles. The molecule has 2 rings (SSSR count). The molecule has 1 aromatic carbocycles. The highest BCUT2D eigenvalue weighted by Crippen LogP contribution is 2.17. The Bertz CT molecular complexity index is 669. The number of aromatic nitrogens is 1. The lowest BCUT2D eigenvalue weighted by atomic mass is 10.1. The Hall–Kier alpha value is -1.38. The van der Waals surface area contributed by atoms with Crippen molar-refractivity contribution in [1.29, 1.82) is 0 Å². The first kappa shape index (κ1) is 21.7. The molecule has 0 amide bonds. The van der Waals surface area contributed by atoms with E-state index < -0.39 is 6.10 Å². The lowest BCUT2D eigenvalue weighted by Crippen LogP contribution is -2.39. The van der Waals surface area contributed by atoms with Crippen LogP contribution in [0.1, 0.15) is 37.1 Å². The van der Waals surface area contributed by atoms with Crippen molar-refractivity contribution in [1.82, 2.24) is 15.6 Å².